The number of oxime groups is 2. The maximum Gasteiger partial charge on any atom is 0.170 e. The minimum absolute atomic E-state index is 0.0366. The Morgan fingerprint density at radius 3 is 1.64 bits per heavy atom. The number of aromatic nitrogens is 1. The molecule has 6 N–H and O–H groups in total. The van der Waals surface area contributed by atoms with Crippen molar-refractivity contribution in [1.82, 2.24) is 4.57 Å². The molecule has 0 fully saturated rings. The van der Waals surface area contributed by atoms with Crippen LogP contribution in [-0.2, 0) is 6.54 Å². The lowest BCUT2D eigenvalue weighted by molar-refractivity contribution is 0.318. The van der Waals surface area contributed by atoms with E-state index in [0.717, 1.165) is 49.6 Å². The standard InChI is InChI=1S/C33H25BrFN5O2/c34-26-11-19(12-27(35)17-26)18-40-30-9-7-22(20-3-1-5-24(13-20)32(36)38-41)15-28(30)29-16-23(8-10-31(29)40)21-4-2-6-25(14-21)33(37)39-42/h1-17,41-42H,18H2,(H2,36,38)(H2,37,39). The predicted octanol–water partition coefficient (Wildman–Crippen LogP) is 7.27. The van der Waals surface area contributed by atoms with Gasteiger partial charge >= 0.3 is 0 Å². The van der Waals surface area contributed by atoms with Gasteiger partial charge in [-0.15, -0.1) is 0 Å². The summed E-state index contributed by atoms with van der Waals surface area (Å²) in [6.45, 7) is 0.465. The summed E-state index contributed by atoms with van der Waals surface area (Å²) < 4.78 is 17.1. The van der Waals surface area contributed by atoms with E-state index in [1.165, 1.54) is 6.07 Å². The molecule has 9 heteroatoms. The Hall–Kier alpha value is -5.15. The van der Waals surface area contributed by atoms with E-state index in [9.17, 15) is 4.39 Å². The topological polar surface area (TPSA) is 122 Å². The number of amidine groups is 2. The minimum Gasteiger partial charge on any atom is -0.409 e. The van der Waals surface area contributed by atoms with E-state index in [0.29, 0.717) is 22.1 Å². The van der Waals surface area contributed by atoms with Gasteiger partial charge in [-0.2, -0.15) is 0 Å². The molecular weight excluding hydrogens is 597 g/mol. The van der Waals surface area contributed by atoms with Crippen LogP contribution in [0.15, 0.2) is 118 Å². The van der Waals surface area contributed by atoms with Crippen LogP contribution in [0.25, 0.3) is 44.1 Å². The van der Waals surface area contributed by atoms with E-state index in [2.05, 4.69) is 55.1 Å². The second-order valence-electron chi connectivity index (χ2n) is 9.96. The van der Waals surface area contributed by atoms with Crippen molar-refractivity contribution in [2.24, 2.45) is 21.8 Å². The Morgan fingerprint density at radius 1 is 0.667 bits per heavy atom. The number of fused-ring (bicyclic) bond motifs is 3. The van der Waals surface area contributed by atoms with Gasteiger partial charge in [0.15, 0.2) is 11.7 Å². The van der Waals surface area contributed by atoms with E-state index in [4.69, 9.17) is 21.9 Å². The fraction of sp³-hybridized carbons (Fsp3) is 0.0303. The second-order valence-corrected chi connectivity index (χ2v) is 10.9. The summed E-state index contributed by atoms with van der Waals surface area (Å²) in [4.78, 5) is 0. The SMILES string of the molecule is N/C(=N\O)c1cccc(-c2ccc3c(c2)c2cc(-c4cccc(/C(N)=N/O)c4)ccc2n3Cc2cc(F)cc(Br)c2)c1. The lowest BCUT2D eigenvalue weighted by atomic mass is 9.98. The summed E-state index contributed by atoms with van der Waals surface area (Å²) in [5, 5.41) is 26.6. The first-order valence-corrected chi connectivity index (χ1v) is 13.8. The monoisotopic (exact) mass is 621 g/mol. The van der Waals surface area contributed by atoms with Gasteiger partial charge in [0.25, 0.3) is 0 Å². The van der Waals surface area contributed by atoms with Gasteiger partial charge < -0.3 is 26.4 Å². The van der Waals surface area contributed by atoms with Gasteiger partial charge in [0, 0.05) is 44.0 Å². The quantitative estimate of drug-likeness (QED) is 0.0676. The van der Waals surface area contributed by atoms with Gasteiger partial charge in [-0.25, -0.2) is 4.39 Å². The van der Waals surface area contributed by atoms with Crippen LogP contribution in [0.4, 0.5) is 4.39 Å². The molecule has 42 heavy (non-hydrogen) atoms. The Bertz CT molecular complexity index is 1910. The highest BCUT2D eigenvalue weighted by atomic mass is 79.9. The van der Waals surface area contributed by atoms with E-state index in [1.54, 1.807) is 18.2 Å². The third-order valence-corrected chi connectivity index (χ3v) is 7.78. The molecule has 7 nitrogen and oxygen atoms in total. The molecule has 1 aromatic heterocycles. The van der Waals surface area contributed by atoms with Crippen LogP contribution in [0, 0.1) is 5.82 Å². The molecule has 0 spiro atoms. The first-order valence-electron chi connectivity index (χ1n) is 13.0. The summed E-state index contributed by atoms with van der Waals surface area (Å²) in [6.07, 6.45) is 0. The number of nitrogens with two attached hydrogens (primary N) is 2. The summed E-state index contributed by atoms with van der Waals surface area (Å²) in [7, 11) is 0. The maximum atomic E-state index is 14.3. The molecule has 0 unspecified atom stereocenters. The molecule has 6 rings (SSSR count). The van der Waals surface area contributed by atoms with Crippen LogP contribution in [0.1, 0.15) is 16.7 Å². The van der Waals surface area contributed by atoms with Crippen molar-refractivity contribution in [2.45, 2.75) is 6.54 Å². The molecule has 6 aromatic rings. The van der Waals surface area contributed by atoms with E-state index in [-0.39, 0.29) is 17.5 Å². The lowest BCUT2D eigenvalue weighted by Crippen LogP contribution is -2.12. The van der Waals surface area contributed by atoms with Crippen molar-refractivity contribution in [3.05, 3.63) is 130 Å². The smallest absolute Gasteiger partial charge is 0.170 e. The minimum atomic E-state index is -0.305. The lowest BCUT2D eigenvalue weighted by Gasteiger charge is -2.10. The van der Waals surface area contributed by atoms with E-state index < -0.39 is 0 Å². The van der Waals surface area contributed by atoms with Gasteiger partial charge in [0.2, 0.25) is 0 Å². The van der Waals surface area contributed by atoms with Crippen molar-refractivity contribution >= 4 is 49.4 Å². The number of halogens is 2. The van der Waals surface area contributed by atoms with Crippen molar-refractivity contribution in [1.29, 1.82) is 0 Å². The normalized spacial score (nSPS) is 12.3. The van der Waals surface area contributed by atoms with Gasteiger partial charge in [-0.3, -0.25) is 0 Å². The van der Waals surface area contributed by atoms with Crippen LogP contribution < -0.4 is 11.5 Å². The second kappa shape index (κ2) is 11.0. The highest BCUT2D eigenvalue weighted by Gasteiger charge is 2.15. The predicted molar refractivity (Wildman–Crippen MR) is 169 cm³/mol. The zero-order chi connectivity index (χ0) is 29.4. The molecule has 0 saturated heterocycles. The molecule has 0 bridgehead atoms. The summed E-state index contributed by atoms with van der Waals surface area (Å²) >= 11 is 3.41. The molecule has 0 aliphatic carbocycles. The fourth-order valence-electron chi connectivity index (χ4n) is 5.35. The van der Waals surface area contributed by atoms with Crippen LogP contribution in [0.2, 0.25) is 0 Å². The van der Waals surface area contributed by atoms with E-state index in [1.807, 2.05) is 54.6 Å². The van der Waals surface area contributed by atoms with Crippen LogP contribution >= 0.6 is 15.9 Å². The van der Waals surface area contributed by atoms with Crippen LogP contribution in [0.5, 0.6) is 0 Å². The molecule has 0 saturated carbocycles. The van der Waals surface area contributed by atoms with Crippen molar-refractivity contribution in [3.63, 3.8) is 0 Å². The Labute approximate surface area is 248 Å². The zero-order valence-electron chi connectivity index (χ0n) is 22.2. The molecule has 5 aromatic carbocycles. The molecule has 0 atom stereocenters. The van der Waals surface area contributed by atoms with Crippen LogP contribution in [0.3, 0.4) is 0 Å². The largest absolute Gasteiger partial charge is 0.409 e. The first-order chi connectivity index (χ1) is 20.3. The fourth-order valence-corrected chi connectivity index (χ4v) is 5.86. The molecule has 0 aliphatic heterocycles. The van der Waals surface area contributed by atoms with Gasteiger partial charge in [-0.05, 0) is 82.4 Å². The number of rotatable bonds is 6. The van der Waals surface area contributed by atoms with Gasteiger partial charge in [0.05, 0.1) is 0 Å². The summed E-state index contributed by atoms with van der Waals surface area (Å²) in [6, 6.07) is 32.4. The van der Waals surface area contributed by atoms with Crippen molar-refractivity contribution < 1.29 is 14.8 Å². The highest BCUT2D eigenvalue weighted by molar-refractivity contribution is 9.10. The number of benzene rings is 5. The summed E-state index contributed by atoms with van der Waals surface area (Å²) in [5.74, 6) is -0.232. The highest BCUT2D eigenvalue weighted by Crippen LogP contribution is 2.36. The first kappa shape index (κ1) is 27.0. The average Bonchev–Trinajstić information content (AvgIpc) is 3.31. The van der Waals surface area contributed by atoms with E-state index >= 15 is 0 Å². The Kier molecular flexibility index (Phi) is 7.10. The average molecular weight is 622 g/mol. The molecule has 0 radical (unpaired) electrons. The molecule has 0 aliphatic rings. The van der Waals surface area contributed by atoms with Crippen LogP contribution in [-0.4, -0.2) is 26.7 Å². The summed E-state index contributed by atoms with van der Waals surface area (Å²) in [5.41, 5.74) is 19.5. The zero-order valence-corrected chi connectivity index (χ0v) is 23.8. The third kappa shape index (κ3) is 5.06. The van der Waals surface area contributed by atoms with Gasteiger partial charge in [-0.1, -0.05) is 74.8 Å². The number of nitrogens with zero attached hydrogens (tertiary/aromatic N) is 3. The Balaban J connectivity index is 1.56. The van der Waals surface area contributed by atoms with Gasteiger partial charge in [0.1, 0.15) is 5.82 Å². The molecule has 208 valence electrons. The number of hydrogen-bond donors (Lipinski definition) is 4. The Morgan fingerprint density at radius 2 is 1.17 bits per heavy atom. The number of hydrogen-bond acceptors (Lipinski definition) is 4. The van der Waals surface area contributed by atoms with Crippen molar-refractivity contribution in [2.75, 3.05) is 0 Å². The maximum absolute atomic E-state index is 14.3. The third-order valence-electron chi connectivity index (χ3n) is 7.33. The molecular formula is C33H25BrFN5O2. The molecule has 0 amide bonds. The molecule has 1 heterocycles. The van der Waals surface area contributed by atoms with Crippen molar-refractivity contribution in [3.8, 4) is 22.3 Å².